The molecule has 1 saturated heterocycles. The predicted molar refractivity (Wildman–Crippen MR) is 73.0 cm³/mol. The van der Waals surface area contributed by atoms with Crippen LogP contribution in [0.1, 0.15) is 33.6 Å². The minimum atomic E-state index is -0.480. The third-order valence-electron chi connectivity index (χ3n) is 2.87. The van der Waals surface area contributed by atoms with E-state index in [9.17, 15) is 9.59 Å². The molecule has 110 valence electrons. The first-order chi connectivity index (χ1) is 8.69. The van der Waals surface area contributed by atoms with Crippen LogP contribution < -0.4 is 5.32 Å². The van der Waals surface area contributed by atoms with Crippen LogP contribution in [0.3, 0.4) is 0 Å². The van der Waals surface area contributed by atoms with E-state index < -0.39 is 5.60 Å². The first-order valence-corrected chi connectivity index (χ1v) is 6.65. The van der Waals surface area contributed by atoms with E-state index in [1.165, 1.54) is 0 Å². The summed E-state index contributed by atoms with van der Waals surface area (Å²) in [7, 11) is 3.49. The van der Waals surface area contributed by atoms with Crippen molar-refractivity contribution in [2.75, 3.05) is 27.2 Å². The molecular formula is C13H25N3O3. The minimum Gasteiger partial charge on any atom is -0.444 e. The molecule has 1 N–H and O–H groups in total. The summed E-state index contributed by atoms with van der Waals surface area (Å²) in [6.45, 7) is 6.84. The smallest absolute Gasteiger partial charge is 0.407 e. The average molecular weight is 271 g/mol. The number of urea groups is 1. The maximum atomic E-state index is 11.8. The molecule has 0 unspecified atom stereocenters. The van der Waals surface area contributed by atoms with Crippen LogP contribution in [0.5, 0.6) is 0 Å². The normalized spacial score (nSPS) is 17.0. The Balaban J connectivity index is 2.34. The van der Waals surface area contributed by atoms with Crippen molar-refractivity contribution in [3.8, 4) is 0 Å². The maximum Gasteiger partial charge on any atom is 0.407 e. The van der Waals surface area contributed by atoms with Crippen LogP contribution in [0.25, 0.3) is 0 Å². The van der Waals surface area contributed by atoms with Gasteiger partial charge in [-0.05, 0) is 33.6 Å². The minimum absolute atomic E-state index is 0.0238. The Morgan fingerprint density at radius 1 is 1.21 bits per heavy atom. The van der Waals surface area contributed by atoms with Crippen LogP contribution in [0, 0.1) is 0 Å². The van der Waals surface area contributed by atoms with Gasteiger partial charge in [0.25, 0.3) is 0 Å². The summed E-state index contributed by atoms with van der Waals surface area (Å²) < 4.78 is 5.21. The quantitative estimate of drug-likeness (QED) is 0.789. The van der Waals surface area contributed by atoms with Crippen molar-refractivity contribution in [1.82, 2.24) is 15.1 Å². The van der Waals surface area contributed by atoms with E-state index in [-0.39, 0.29) is 18.2 Å². The molecule has 1 heterocycles. The summed E-state index contributed by atoms with van der Waals surface area (Å²) in [5, 5.41) is 2.85. The second-order valence-electron chi connectivity index (χ2n) is 6.08. The Labute approximate surface area is 115 Å². The number of carbonyl (C=O) groups is 2. The van der Waals surface area contributed by atoms with Gasteiger partial charge in [0.1, 0.15) is 5.60 Å². The lowest BCUT2D eigenvalue weighted by Gasteiger charge is -2.34. The maximum absolute atomic E-state index is 11.8. The Morgan fingerprint density at radius 3 is 2.16 bits per heavy atom. The third-order valence-corrected chi connectivity index (χ3v) is 2.87. The third kappa shape index (κ3) is 5.36. The van der Waals surface area contributed by atoms with Gasteiger partial charge in [-0.25, -0.2) is 9.59 Å². The lowest BCUT2D eigenvalue weighted by atomic mass is 10.1. The molecule has 0 radical (unpaired) electrons. The van der Waals surface area contributed by atoms with Gasteiger partial charge >= 0.3 is 12.1 Å². The topological polar surface area (TPSA) is 61.9 Å². The number of rotatable bonds is 1. The van der Waals surface area contributed by atoms with Crippen LogP contribution in [0.15, 0.2) is 0 Å². The molecule has 6 heteroatoms. The summed E-state index contributed by atoms with van der Waals surface area (Å²) in [6, 6.07) is 0.108. The predicted octanol–water partition coefficient (Wildman–Crippen LogP) is 1.66. The second-order valence-corrected chi connectivity index (χ2v) is 6.08. The lowest BCUT2D eigenvalue weighted by molar-refractivity contribution is 0.0483. The molecule has 0 aliphatic carbocycles. The molecule has 1 rings (SSSR count). The molecule has 0 aromatic heterocycles. The Morgan fingerprint density at radius 2 is 1.74 bits per heavy atom. The van der Waals surface area contributed by atoms with E-state index >= 15 is 0 Å². The van der Waals surface area contributed by atoms with Gasteiger partial charge in [0.2, 0.25) is 0 Å². The zero-order valence-corrected chi connectivity index (χ0v) is 12.5. The standard InChI is InChI=1S/C13H25N3O3/c1-13(2,3)19-11(17)14-10-6-8-16(9-7-10)12(18)15(4)5/h10H,6-9H2,1-5H3,(H,14,17). The first-order valence-electron chi connectivity index (χ1n) is 6.65. The van der Waals surface area contributed by atoms with Crippen molar-refractivity contribution < 1.29 is 14.3 Å². The lowest BCUT2D eigenvalue weighted by Crippen LogP contribution is -2.49. The van der Waals surface area contributed by atoms with Gasteiger partial charge in [-0.3, -0.25) is 0 Å². The van der Waals surface area contributed by atoms with Crippen LogP contribution in [0.4, 0.5) is 9.59 Å². The fraction of sp³-hybridized carbons (Fsp3) is 0.846. The molecule has 1 fully saturated rings. The zero-order chi connectivity index (χ0) is 14.6. The fourth-order valence-corrected chi connectivity index (χ4v) is 1.97. The van der Waals surface area contributed by atoms with Gasteiger partial charge in [0.05, 0.1) is 0 Å². The van der Waals surface area contributed by atoms with E-state index in [1.807, 2.05) is 20.8 Å². The second kappa shape index (κ2) is 6.12. The largest absolute Gasteiger partial charge is 0.444 e. The number of nitrogens with one attached hydrogen (secondary N) is 1. The zero-order valence-electron chi connectivity index (χ0n) is 12.5. The average Bonchev–Trinajstić information content (AvgIpc) is 2.26. The van der Waals surface area contributed by atoms with Crippen molar-refractivity contribution in [2.24, 2.45) is 0 Å². The SMILES string of the molecule is CN(C)C(=O)N1CCC(NC(=O)OC(C)(C)C)CC1. The van der Waals surface area contributed by atoms with E-state index in [0.717, 1.165) is 12.8 Å². The number of amides is 3. The highest BCUT2D eigenvalue weighted by molar-refractivity contribution is 5.74. The molecule has 19 heavy (non-hydrogen) atoms. The van der Waals surface area contributed by atoms with Crippen molar-refractivity contribution in [3.05, 3.63) is 0 Å². The highest BCUT2D eigenvalue weighted by Gasteiger charge is 2.26. The van der Waals surface area contributed by atoms with Gasteiger partial charge in [-0.1, -0.05) is 0 Å². The molecule has 1 aliphatic heterocycles. The number of nitrogens with zero attached hydrogens (tertiary/aromatic N) is 2. The number of carbonyl (C=O) groups excluding carboxylic acids is 2. The summed E-state index contributed by atoms with van der Waals surface area (Å²) in [6.07, 6.45) is 1.14. The van der Waals surface area contributed by atoms with E-state index in [1.54, 1.807) is 23.9 Å². The van der Waals surface area contributed by atoms with Gasteiger partial charge in [0, 0.05) is 33.2 Å². The number of ether oxygens (including phenoxy) is 1. The van der Waals surface area contributed by atoms with E-state index in [2.05, 4.69) is 5.32 Å². The monoisotopic (exact) mass is 271 g/mol. The number of hydrogen-bond acceptors (Lipinski definition) is 3. The van der Waals surface area contributed by atoms with Gasteiger partial charge in [-0.15, -0.1) is 0 Å². The Hall–Kier alpha value is -1.46. The molecule has 3 amide bonds. The Kier molecular flexibility index (Phi) is 5.03. The van der Waals surface area contributed by atoms with Gasteiger partial charge in [-0.2, -0.15) is 0 Å². The van der Waals surface area contributed by atoms with Gasteiger partial charge in [0.15, 0.2) is 0 Å². The Bertz CT molecular complexity index is 329. The van der Waals surface area contributed by atoms with Crippen LogP contribution >= 0.6 is 0 Å². The van der Waals surface area contributed by atoms with E-state index in [0.29, 0.717) is 13.1 Å². The number of hydrogen-bond donors (Lipinski definition) is 1. The van der Waals surface area contributed by atoms with Crippen molar-refractivity contribution in [2.45, 2.75) is 45.3 Å². The number of alkyl carbamates (subject to hydrolysis) is 1. The van der Waals surface area contributed by atoms with Crippen LogP contribution in [-0.4, -0.2) is 60.8 Å². The van der Waals surface area contributed by atoms with Crippen LogP contribution in [-0.2, 0) is 4.74 Å². The van der Waals surface area contributed by atoms with Crippen molar-refractivity contribution in [3.63, 3.8) is 0 Å². The fourth-order valence-electron chi connectivity index (χ4n) is 1.97. The highest BCUT2D eigenvalue weighted by atomic mass is 16.6. The summed E-state index contributed by atoms with van der Waals surface area (Å²) >= 11 is 0. The summed E-state index contributed by atoms with van der Waals surface area (Å²) in [5.74, 6) is 0. The summed E-state index contributed by atoms with van der Waals surface area (Å²) in [5.41, 5.74) is -0.480. The number of likely N-dealkylation sites (tertiary alicyclic amines) is 1. The number of piperidine rings is 1. The highest BCUT2D eigenvalue weighted by Crippen LogP contribution is 2.13. The summed E-state index contributed by atoms with van der Waals surface area (Å²) in [4.78, 5) is 26.8. The molecule has 0 aromatic carbocycles. The van der Waals surface area contributed by atoms with E-state index in [4.69, 9.17) is 4.74 Å². The molecule has 0 bridgehead atoms. The first kappa shape index (κ1) is 15.6. The molecular weight excluding hydrogens is 246 g/mol. The molecule has 0 aromatic rings. The molecule has 0 saturated carbocycles. The van der Waals surface area contributed by atoms with Crippen LogP contribution in [0.2, 0.25) is 0 Å². The molecule has 6 nitrogen and oxygen atoms in total. The van der Waals surface area contributed by atoms with Crippen molar-refractivity contribution in [1.29, 1.82) is 0 Å². The molecule has 0 spiro atoms. The molecule has 1 aliphatic rings. The molecule has 0 atom stereocenters. The van der Waals surface area contributed by atoms with Crippen molar-refractivity contribution >= 4 is 12.1 Å². The van der Waals surface area contributed by atoms with Gasteiger partial charge < -0.3 is 19.9 Å².